The molecule has 0 spiro atoms. The van der Waals surface area contributed by atoms with E-state index >= 15 is 0 Å². The molecule has 1 atom stereocenters. The van der Waals surface area contributed by atoms with Crippen molar-refractivity contribution < 1.29 is 9.31 Å². The Morgan fingerprint density at radius 3 is 2.75 bits per heavy atom. The highest BCUT2D eigenvalue weighted by atomic mass is 35.5. The molecule has 1 aliphatic rings. The standard InChI is InChI=1S/C15H14ClFN4O2S/c16-13-7-6-12(21(22)23)15(18-13)20(11-4-2-1-3-5-11)19-8-9-24-10-14(19)17/h1-7,14H,8-10H2. The van der Waals surface area contributed by atoms with E-state index < -0.39 is 11.2 Å². The van der Waals surface area contributed by atoms with Crippen molar-refractivity contribution >= 4 is 40.6 Å². The second-order valence-electron chi connectivity index (χ2n) is 5.05. The van der Waals surface area contributed by atoms with Crippen molar-refractivity contribution in [2.75, 3.05) is 23.1 Å². The summed E-state index contributed by atoms with van der Waals surface area (Å²) in [5, 5.41) is 14.4. The third-order valence-electron chi connectivity index (χ3n) is 3.52. The quantitative estimate of drug-likeness (QED) is 0.351. The number of pyridine rings is 1. The summed E-state index contributed by atoms with van der Waals surface area (Å²) in [5.41, 5.74) is 0.360. The maximum Gasteiger partial charge on any atom is 0.313 e. The van der Waals surface area contributed by atoms with Crippen LogP contribution in [0.1, 0.15) is 0 Å². The van der Waals surface area contributed by atoms with Crippen molar-refractivity contribution in [2.45, 2.75) is 6.30 Å². The number of benzene rings is 1. The highest BCUT2D eigenvalue weighted by Crippen LogP contribution is 2.36. The molecule has 2 heterocycles. The molecule has 1 unspecified atom stereocenters. The molecule has 0 N–H and O–H groups in total. The number of nitrogens with zero attached hydrogens (tertiary/aromatic N) is 4. The van der Waals surface area contributed by atoms with Crippen LogP contribution in [-0.2, 0) is 0 Å². The lowest BCUT2D eigenvalue weighted by molar-refractivity contribution is -0.384. The smallest absolute Gasteiger partial charge is 0.258 e. The third kappa shape index (κ3) is 3.45. The van der Waals surface area contributed by atoms with E-state index in [0.717, 1.165) is 5.75 Å². The van der Waals surface area contributed by atoms with Crippen molar-refractivity contribution in [1.29, 1.82) is 0 Å². The van der Waals surface area contributed by atoms with Crippen LogP contribution < -0.4 is 5.01 Å². The van der Waals surface area contributed by atoms with E-state index in [1.807, 2.05) is 6.07 Å². The first-order valence-corrected chi connectivity index (χ1v) is 8.75. The Labute approximate surface area is 147 Å². The van der Waals surface area contributed by atoms with Crippen LogP contribution in [0, 0.1) is 10.1 Å². The summed E-state index contributed by atoms with van der Waals surface area (Å²) in [6.07, 6.45) is -1.27. The molecule has 0 radical (unpaired) electrons. The SMILES string of the molecule is O=[N+]([O-])c1ccc(Cl)nc1N(c1ccccc1)N1CCSCC1F. The summed E-state index contributed by atoms with van der Waals surface area (Å²) in [6, 6.07) is 11.5. The van der Waals surface area contributed by atoms with Gasteiger partial charge in [-0.15, -0.1) is 0 Å². The molecule has 1 saturated heterocycles. The molecule has 0 saturated carbocycles. The lowest BCUT2D eigenvalue weighted by Gasteiger charge is -2.39. The van der Waals surface area contributed by atoms with Gasteiger partial charge < -0.3 is 0 Å². The molecule has 1 fully saturated rings. The molecule has 0 aliphatic carbocycles. The van der Waals surface area contributed by atoms with E-state index in [4.69, 9.17) is 11.6 Å². The monoisotopic (exact) mass is 368 g/mol. The molecule has 1 aromatic heterocycles. The predicted molar refractivity (Wildman–Crippen MR) is 93.4 cm³/mol. The molecule has 24 heavy (non-hydrogen) atoms. The van der Waals surface area contributed by atoms with Gasteiger partial charge in [0.05, 0.1) is 10.6 Å². The van der Waals surface area contributed by atoms with Crippen LogP contribution in [0.25, 0.3) is 0 Å². The molecule has 1 aromatic carbocycles. The van der Waals surface area contributed by atoms with Crippen molar-refractivity contribution in [3.8, 4) is 0 Å². The summed E-state index contributed by atoms with van der Waals surface area (Å²) in [6.45, 7) is 0.409. The maximum absolute atomic E-state index is 14.5. The van der Waals surface area contributed by atoms with E-state index in [2.05, 4.69) is 4.98 Å². The van der Waals surface area contributed by atoms with Gasteiger partial charge in [-0.25, -0.2) is 14.4 Å². The van der Waals surface area contributed by atoms with Gasteiger partial charge in [0.2, 0.25) is 5.82 Å². The van der Waals surface area contributed by atoms with Gasteiger partial charge in [0.25, 0.3) is 0 Å². The Hall–Kier alpha value is -1.90. The number of hydrogen-bond donors (Lipinski definition) is 0. The van der Waals surface area contributed by atoms with Gasteiger partial charge in [-0.05, 0) is 18.2 Å². The first-order chi connectivity index (χ1) is 11.6. The minimum absolute atomic E-state index is 0.00764. The average Bonchev–Trinajstić information content (AvgIpc) is 2.58. The fraction of sp³-hybridized carbons (Fsp3) is 0.267. The van der Waals surface area contributed by atoms with Crippen molar-refractivity contribution in [1.82, 2.24) is 9.99 Å². The van der Waals surface area contributed by atoms with Crippen LogP contribution in [0.15, 0.2) is 42.5 Å². The zero-order valence-electron chi connectivity index (χ0n) is 12.5. The van der Waals surface area contributed by atoms with Gasteiger partial charge in [0, 0.05) is 24.1 Å². The van der Waals surface area contributed by atoms with Gasteiger partial charge in [-0.2, -0.15) is 16.8 Å². The Morgan fingerprint density at radius 2 is 2.08 bits per heavy atom. The van der Waals surface area contributed by atoms with E-state index in [1.54, 1.807) is 24.3 Å². The van der Waals surface area contributed by atoms with Crippen LogP contribution in [0.2, 0.25) is 5.15 Å². The van der Waals surface area contributed by atoms with Gasteiger partial charge in [0.15, 0.2) is 6.30 Å². The number of hydrogen-bond acceptors (Lipinski definition) is 6. The topological polar surface area (TPSA) is 62.5 Å². The highest BCUT2D eigenvalue weighted by molar-refractivity contribution is 7.99. The molecule has 6 nitrogen and oxygen atoms in total. The Bertz CT molecular complexity index is 737. The van der Waals surface area contributed by atoms with Crippen LogP contribution in [0.5, 0.6) is 0 Å². The Balaban J connectivity index is 2.15. The number of halogens is 2. The number of anilines is 2. The lowest BCUT2D eigenvalue weighted by atomic mass is 10.3. The van der Waals surface area contributed by atoms with E-state index in [1.165, 1.54) is 33.9 Å². The van der Waals surface area contributed by atoms with Crippen molar-refractivity contribution in [3.63, 3.8) is 0 Å². The number of rotatable bonds is 4. The summed E-state index contributed by atoms with van der Waals surface area (Å²) in [4.78, 5) is 15.0. The fourth-order valence-corrected chi connectivity index (χ4v) is 3.46. The molecule has 2 aromatic rings. The first kappa shape index (κ1) is 16.9. The Morgan fingerprint density at radius 1 is 1.33 bits per heavy atom. The number of para-hydroxylation sites is 1. The normalized spacial score (nSPS) is 18.3. The molecular formula is C15H14ClFN4O2S. The molecule has 1 aliphatic heterocycles. The second kappa shape index (κ2) is 7.33. The summed E-state index contributed by atoms with van der Waals surface area (Å²) in [7, 11) is 0. The van der Waals surface area contributed by atoms with Crippen LogP contribution in [-0.4, -0.2) is 39.3 Å². The summed E-state index contributed by atoms with van der Waals surface area (Å²) < 4.78 is 14.5. The van der Waals surface area contributed by atoms with E-state index in [9.17, 15) is 14.5 Å². The highest BCUT2D eigenvalue weighted by Gasteiger charge is 2.33. The molecule has 126 valence electrons. The van der Waals surface area contributed by atoms with E-state index in [0.29, 0.717) is 12.2 Å². The average molecular weight is 369 g/mol. The van der Waals surface area contributed by atoms with Gasteiger partial charge >= 0.3 is 5.69 Å². The third-order valence-corrected chi connectivity index (χ3v) is 4.71. The van der Waals surface area contributed by atoms with Gasteiger partial charge in [-0.3, -0.25) is 10.1 Å². The summed E-state index contributed by atoms with van der Waals surface area (Å²) in [5.74, 6) is 1.02. The fourth-order valence-electron chi connectivity index (χ4n) is 2.47. The van der Waals surface area contributed by atoms with Crippen LogP contribution in [0.4, 0.5) is 21.6 Å². The van der Waals surface area contributed by atoms with Crippen molar-refractivity contribution in [3.05, 3.63) is 57.7 Å². The molecule has 0 bridgehead atoms. The first-order valence-electron chi connectivity index (χ1n) is 7.22. The van der Waals surface area contributed by atoms with Crippen LogP contribution in [0.3, 0.4) is 0 Å². The number of hydrazine groups is 1. The minimum atomic E-state index is -1.27. The Kier molecular flexibility index (Phi) is 5.17. The molecule has 0 amide bonds. The van der Waals surface area contributed by atoms with E-state index in [-0.39, 0.29) is 22.4 Å². The number of thioether (sulfide) groups is 1. The largest absolute Gasteiger partial charge is 0.313 e. The minimum Gasteiger partial charge on any atom is -0.258 e. The number of alkyl halides is 1. The predicted octanol–water partition coefficient (Wildman–Crippen LogP) is 4.04. The number of aromatic nitrogens is 1. The van der Waals surface area contributed by atoms with Gasteiger partial charge in [0.1, 0.15) is 5.15 Å². The lowest BCUT2D eigenvalue weighted by Crippen LogP contribution is -2.49. The van der Waals surface area contributed by atoms with Crippen LogP contribution >= 0.6 is 23.4 Å². The molecule has 3 rings (SSSR count). The maximum atomic E-state index is 14.5. The number of nitro groups is 1. The zero-order chi connectivity index (χ0) is 17.1. The molecular weight excluding hydrogens is 355 g/mol. The van der Waals surface area contributed by atoms with Crippen molar-refractivity contribution in [2.24, 2.45) is 0 Å². The zero-order valence-corrected chi connectivity index (χ0v) is 14.1. The van der Waals surface area contributed by atoms with Gasteiger partial charge in [-0.1, -0.05) is 29.8 Å². The second-order valence-corrected chi connectivity index (χ2v) is 6.59. The molecule has 9 heteroatoms. The summed E-state index contributed by atoms with van der Waals surface area (Å²) >= 11 is 7.46.